The second-order valence-electron chi connectivity index (χ2n) is 7.56. The Morgan fingerprint density at radius 2 is 2.08 bits per heavy atom. The van der Waals surface area contributed by atoms with E-state index in [-0.39, 0.29) is 5.54 Å². The van der Waals surface area contributed by atoms with E-state index in [9.17, 15) is 0 Å². The zero-order chi connectivity index (χ0) is 17.2. The van der Waals surface area contributed by atoms with Gasteiger partial charge in [0.05, 0.1) is 12.3 Å². The van der Waals surface area contributed by atoms with Crippen molar-refractivity contribution in [3.05, 3.63) is 17.6 Å². The minimum atomic E-state index is 0.196. The first-order valence-electron chi connectivity index (χ1n) is 9.02. The lowest BCUT2D eigenvalue weighted by Gasteiger charge is -2.45. The lowest BCUT2D eigenvalue weighted by Crippen LogP contribution is -2.55. The highest BCUT2D eigenvalue weighted by molar-refractivity contribution is 5.38. The molecule has 2 fully saturated rings. The SMILES string of the molecule is Cc1nc(NCC2(N(C)C)CCN(C)CC2)cc([C@H]2CCOC2)n1. The molecule has 6 nitrogen and oxygen atoms in total. The minimum Gasteiger partial charge on any atom is -0.381 e. The third-order valence-corrected chi connectivity index (χ3v) is 5.67. The Morgan fingerprint density at radius 3 is 2.71 bits per heavy atom. The topological polar surface area (TPSA) is 53.5 Å². The summed E-state index contributed by atoms with van der Waals surface area (Å²) in [5, 5.41) is 3.60. The molecule has 0 aliphatic carbocycles. The number of piperidine rings is 1. The van der Waals surface area contributed by atoms with E-state index in [0.29, 0.717) is 5.92 Å². The summed E-state index contributed by atoms with van der Waals surface area (Å²) in [7, 11) is 6.59. The number of rotatable bonds is 5. The summed E-state index contributed by atoms with van der Waals surface area (Å²) in [6.45, 7) is 6.81. The van der Waals surface area contributed by atoms with Gasteiger partial charge in [0.15, 0.2) is 0 Å². The van der Waals surface area contributed by atoms with Gasteiger partial charge in [0.1, 0.15) is 11.6 Å². The Balaban J connectivity index is 1.70. The molecule has 3 rings (SSSR count). The molecule has 0 bridgehead atoms. The number of aromatic nitrogens is 2. The molecule has 0 radical (unpaired) electrons. The van der Waals surface area contributed by atoms with Crippen LogP contribution >= 0.6 is 0 Å². The summed E-state index contributed by atoms with van der Waals surface area (Å²) in [6.07, 6.45) is 3.41. The molecule has 0 saturated carbocycles. The van der Waals surface area contributed by atoms with Gasteiger partial charge in [-0.1, -0.05) is 0 Å². The van der Waals surface area contributed by atoms with Crippen LogP contribution in [0.15, 0.2) is 6.07 Å². The molecule has 0 unspecified atom stereocenters. The van der Waals surface area contributed by atoms with Crippen molar-refractivity contribution in [2.45, 2.75) is 37.6 Å². The van der Waals surface area contributed by atoms with E-state index in [0.717, 1.165) is 56.6 Å². The molecule has 1 atom stereocenters. The van der Waals surface area contributed by atoms with Crippen molar-refractivity contribution in [1.29, 1.82) is 0 Å². The molecule has 2 aliphatic rings. The monoisotopic (exact) mass is 333 g/mol. The van der Waals surface area contributed by atoms with Crippen LogP contribution in [0.5, 0.6) is 0 Å². The lowest BCUT2D eigenvalue weighted by atomic mass is 9.86. The maximum Gasteiger partial charge on any atom is 0.130 e. The molecule has 1 N–H and O–H groups in total. The van der Waals surface area contributed by atoms with Crippen LogP contribution in [0.3, 0.4) is 0 Å². The summed E-state index contributed by atoms with van der Waals surface area (Å²) in [4.78, 5) is 14.0. The van der Waals surface area contributed by atoms with Crippen LogP contribution < -0.4 is 5.32 Å². The molecule has 1 aromatic rings. The third kappa shape index (κ3) is 3.87. The van der Waals surface area contributed by atoms with Gasteiger partial charge < -0.3 is 19.9 Å². The van der Waals surface area contributed by atoms with E-state index in [4.69, 9.17) is 4.74 Å². The van der Waals surface area contributed by atoms with Gasteiger partial charge >= 0.3 is 0 Å². The highest BCUT2D eigenvalue weighted by Crippen LogP contribution is 2.28. The molecule has 3 heterocycles. The van der Waals surface area contributed by atoms with E-state index >= 15 is 0 Å². The van der Waals surface area contributed by atoms with E-state index < -0.39 is 0 Å². The van der Waals surface area contributed by atoms with Gasteiger partial charge in [-0.05, 0) is 60.4 Å². The van der Waals surface area contributed by atoms with Crippen LogP contribution in [0.1, 0.15) is 36.7 Å². The highest BCUT2D eigenvalue weighted by Gasteiger charge is 2.35. The van der Waals surface area contributed by atoms with E-state index in [1.165, 1.54) is 12.8 Å². The second kappa shape index (κ2) is 7.33. The Morgan fingerprint density at radius 1 is 1.33 bits per heavy atom. The molecule has 134 valence electrons. The summed E-state index contributed by atoms with van der Waals surface area (Å²) >= 11 is 0. The Hall–Kier alpha value is -1.24. The molecule has 2 saturated heterocycles. The predicted molar refractivity (Wildman–Crippen MR) is 96.6 cm³/mol. The van der Waals surface area contributed by atoms with Gasteiger partial charge in [-0.2, -0.15) is 0 Å². The van der Waals surface area contributed by atoms with Crippen LogP contribution in [0, 0.1) is 6.92 Å². The van der Waals surface area contributed by atoms with Crippen molar-refractivity contribution in [3.63, 3.8) is 0 Å². The maximum atomic E-state index is 5.51. The van der Waals surface area contributed by atoms with Crippen LogP contribution in [0.25, 0.3) is 0 Å². The Bertz CT molecular complexity index is 548. The number of likely N-dealkylation sites (tertiary alicyclic amines) is 1. The highest BCUT2D eigenvalue weighted by atomic mass is 16.5. The molecule has 0 amide bonds. The van der Waals surface area contributed by atoms with Crippen LogP contribution in [-0.4, -0.2) is 79.3 Å². The van der Waals surface area contributed by atoms with Gasteiger partial charge in [-0.3, -0.25) is 0 Å². The van der Waals surface area contributed by atoms with Gasteiger partial charge in [-0.15, -0.1) is 0 Å². The number of hydrogen-bond donors (Lipinski definition) is 1. The Labute approximate surface area is 145 Å². The Kier molecular flexibility index (Phi) is 5.37. The number of anilines is 1. The molecular weight excluding hydrogens is 302 g/mol. The predicted octanol–water partition coefficient (Wildman–Crippen LogP) is 1.73. The van der Waals surface area contributed by atoms with E-state index in [1.807, 2.05) is 6.92 Å². The maximum absolute atomic E-state index is 5.51. The number of likely N-dealkylation sites (N-methyl/N-ethyl adjacent to an activating group) is 1. The van der Waals surface area contributed by atoms with Gasteiger partial charge in [0.25, 0.3) is 0 Å². The fourth-order valence-electron chi connectivity index (χ4n) is 3.73. The first-order chi connectivity index (χ1) is 11.5. The van der Waals surface area contributed by atoms with Crippen molar-refractivity contribution in [2.75, 3.05) is 59.3 Å². The standard InChI is InChI=1S/C18H31N5O/c1-14-20-16(15-5-10-24-12-15)11-17(21-14)19-13-18(22(2)3)6-8-23(4)9-7-18/h11,15H,5-10,12-13H2,1-4H3,(H,19,20,21)/t15-/m0/s1. The third-order valence-electron chi connectivity index (χ3n) is 5.67. The molecule has 1 aromatic heterocycles. The summed E-state index contributed by atoms with van der Waals surface area (Å²) in [5.41, 5.74) is 1.31. The fraction of sp³-hybridized carbons (Fsp3) is 0.778. The van der Waals surface area contributed by atoms with Crippen molar-refractivity contribution in [1.82, 2.24) is 19.8 Å². The molecule has 6 heteroatoms. The summed E-state index contributed by atoms with van der Waals surface area (Å²) in [5.74, 6) is 2.20. The number of aryl methyl sites for hydroxylation is 1. The van der Waals surface area contributed by atoms with Gasteiger partial charge in [0.2, 0.25) is 0 Å². The first kappa shape index (κ1) is 17.6. The van der Waals surface area contributed by atoms with Crippen molar-refractivity contribution in [3.8, 4) is 0 Å². The quantitative estimate of drug-likeness (QED) is 0.886. The largest absolute Gasteiger partial charge is 0.381 e. The average Bonchev–Trinajstić information content (AvgIpc) is 3.08. The number of hydrogen-bond acceptors (Lipinski definition) is 6. The van der Waals surface area contributed by atoms with Crippen LogP contribution in [0.2, 0.25) is 0 Å². The summed E-state index contributed by atoms with van der Waals surface area (Å²) in [6, 6.07) is 2.12. The van der Waals surface area contributed by atoms with Crippen molar-refractivity contribution < 1.29 is 4.74 Å². The molecule has 0 aromatic carbocycles. The molecule has 0 spiro atoms. The number of nitrogens with zero attached hydrogens (tertiary/aromatic N) is 4. The first-order valence-corrected chi connectivity index (χ1v) is 9.02. The molecular formula is C18H31N5O. The number of ether oxygens (including phenoxy) is 1. The van der Waals surface area contributed by atoms with E-state index in [1.54, 1.807) is 0 Å². The molecule has 24 heavy (non-hydrogen) atoms. The average molecular weight is 333 g/mol. The van der Waals surface area contributed by atoms with Crippen LogP contribution in [-0.2, 0) is 4.74 Å². The normalized spacial score (nSPS) is 24.5. The van der Waals surface area contributed by atoms with Crippen molar-refractivity contribution in [2.24, 2.45) is 0 Å². The van der Waals surface area contributed by atoms with Crippen LogP contribution in [0.4, 0.5) is 5.82 Å². The van der Waals surface area contributed by atoms with Gasteiger partial charge in [-0.25, -0.2) is 9.97 Å². The zero-order valence-electron chi connectivity index (χ0n) is 15.5. The second-order valence-corrected chi connectivity index (χ2v) is 7.56. The number of nitrogens with one attached hydrogen (secondary N) is 1. The van der Waals surface area contributed by atoms with Gasteiger partial charge in [0, 0.05) is 30.7 Å². The van der Waals surface area contributed by atoms with E-state index in [2.05, 4.69) is 52.3 Å². The molecule has 2 aliphatic heterocycles. The fourth-order valence-corrected chi connectivity index (χ4v) is 3.73. The summed E-state index contributed by atoms with van der Waals surface area (Å²) < 4.78 is 5.51. The zero-order valence-corrected chi connectivity index (χ0v) is 15.5. The minimum absolute atomic E-state index is 0.196. The van der Waals surface area contributed by atoms with Crippen molar-refractivity contribution >= 4 is 5.82 Å². The smallest absolute Gasteiger partial charge is 0.130 e. The lowest BCUT2D eigenvalue weighted by molar-refractivity contribution is 0.0773.